The Hall–Kier alpha value is -1.81. The van der Waals surface area contributed by atoms with Crippen molar-refractivity contribution in [1.29, 1.82) is 5.26 Å². The molecule has 0 amide bonds. The summed E-state index contributed by atoms with van der Waals surface area (Å²) >= 11 is 5.36. The van der Waals surface area contributed by atoms with Crippen LogP contribution in [0, 0.1) is 11.3 Å². The van der Waals surface area contributed by atoms with Gasteiger partial charge in [-0.05, 0) is 24.3 Å². The summed E-state index contributed by atoms with van der Waals surface area (Å²) in [4.78, 5) is 4.41. The molecule has 1 spiro atoms. The second-order valence-corrected chi connectivity index (χ2v) is 4.85. The Morgan fingerprint density at radius 1 is 1.21 bits per heavy atom. The van der Waals surface area contributed by atoms with Gasteiger partial charge >= 0.3 is 0 Å². The molecular formula is C13H12N4OS. The van der Waals surface area contributed by atoms with Crippen molar-refractivity contribution < 1.29 is 9.33 Å². The molecule has 3 rings (SSSR count). The van der Waals surface area contributed by atoms with Gasteiger partial charge in [0.25, 0.3) is 0 Å². The van der Waals surface area contributed by atoms with Crippen LogP contribution in [0.15, 0.2) is 34.4 Å². The van der Waals surface area contributed by atoms with Gasteiger partial charge in [0.2, 0.25) is 5.84 Å². The summed E-state index contributed by atoms with van der Waals surface area (Å²) in [7, 11) is 0. The quantitative estimate of drug-likeness (QED) is 0.566. The molecule has 6 heteroatoms. The van der Waals surface area contributed by atoms with Crippen LogP contribution in [0.5, 0.6) is 0 Å². The molecule has 0 saturated carbocycles. The second kappa shape index (κ2) is 4.70. The van der Waals surface area contributed by atoms with Gasteiger partial charge < -0.3 is 17.4 Å². The first-order valence-electron chi connectivity index (χ1n) is 6.05. The van der Waals surface area contributed by atoms with Crippen molar-refractivity contribution >= 4 is 23.6 Å². The summed E-state index contributed by atoms with van der Waals surface area (Å²) in [6, 6.07) is 9.32. The van der Waals surface area contributed by atoms with Crippen LogP contribution in [0.25, 0.3) is 0 Å². The topological polar surface area (TPSA) is 57.7 Å². The van der Waals surface area contributed by atoms with Gasteiger partial charge in [-0.15, -0.1) is 0 Å². The van der Waals surface area contributed by atoms with Crippen molar-refractivity contribution in [2.24, 2.45) is 10.1 Å². The van der Waals surface area contributed by atoms with E-state index in [0.717, 1.165) is 18.7 Å². The summed E-state index contributed by atoms with van der Waals surface area (Å²) in [6.07, 6.45) is 0. The van der Waals surface area contributed by atoms with Crippen LogP contribution in [0.1, 0.15) is 11.1 Å². The molecule has 2 aliphatic heterocycles. The first kappa shape index (κ1) is 12.2. The monoisotopic (exact) mass is 272 g/mol. The smallest absolute Gasteiger partial charge is 0.218 e. The predicted molar refractivity (Wildman–Crippen MR) is 73.3 cm³/mol. The minimum atomic E-state index is 0.380. The number of morpholine rings is 1. The minimum absolute atomic E-state index is 0.380. The van der Waals surface area contributed by atoms with Gasteiger partial charge in [0.1, 0.15) is 18.3 Å². The van der Waals surface area contributed by atoms with E-state index in [1.165, 1.54) is 0 Å². The summed E-state index contributed by atoms with van der Waals surface area (Å²) < 4.78 is 5.73. The largest absolute Gasteiger partial charge is 0.697 e. The highest BCUT2D eigenvalue weighted by Gasteiger charge is 2.36. The first-order valence-corrected chi connectivity index (χ1v) is 6.46. The maximum atomic E-state index is 8.79. The summed E-state index contributed by atoms with van der Waals surface area (Å²) in [5.41, 5.74) is 1.52. The van der Waals surface area contributed by atoms with E-state index < -0.39 is 0 Å². The van der Waals surface area contributed by atoms with Gasteiger partial charge in [-0.1, -0.05) is 5.10 Å². The number of hydrogen-bond acceptors (Lipinski definition) is 5. The van der Waals surface area contributed by atoms with Crippen molar-refractivity contribution in [2.75, 3.05) is 26.3 Å². The SMILES string of the molecule is N#Cc1ccc(C2=N[N+]3(CCOCC3)C([S-])=N2)cc1. The number of rotatable bonds is 1. The zero-order valence-corrected chi connectivity index (χ0v) is 11.1. The normalized spacial score (nSPS) is 20.8. The highest BCUT2D eigenvalue weighted by molar-refractivity contribution is 7.76. The number of ether oxygens (including phenoxy) is 1. The van der Waals surface area contributed by atoms with Crippen molar-refractivity contribution in [3.8, 4) is 6.07 Å². The van der Waals surface area contributed by atoms with E-state index >= 15 is 0 Å². The number of quaternary nitrogens is 1. The van der Waals surface area contributed by atoms with E-state index in [9.17, 15) is 0 Å². The molecule has 96 valence electrons. The summed E-state index contributed by atoms with van der Waals surface area (Å²) in [5.74, 6) is 0.649. The van der Waals surface area contributed by atoms with Crippen LogP contribution in [0.3, 0.4) is 0 Å². The molecule has 0 unspecified atom stereocenters. The molecule has 0 aromatic heterocycles. The molecule has 1 saturated heterocycles. The third-order valence-corrected chi connectivity index (χ3v) is 3.76. The molecule has 0 N–H and O–H groups in total. The molecule has 1 aromatic rings. The standard InChI is InChI=1S/C13H12N4OS/c14-9-10-1-3-11(4-2-10)12-15-13(19)17(16-12)5-7-18-8-6-17/h1-4H,5-8H2. The van der Waals surface area contributed by atoms with E-state index in [4.69, 9.17) is 22.6 Å². The Bertz CT molecular complexity index is 594. The van der Waals surface area contributed by atoms with E-state index in [1.54, 1.807) is 12.1 Å². The molecule has 19 heavy (non-hydrogen) atoms. The van der Waals surface area contributed by atoms with Gasteiger partial charge in [-0.3, -0.25) is 0 Å². The third kappa shape index (κ3) is 2.12. The number of nitrogens with zero attached hydrogens (tertiary/aromatic N) is 4. The molecule has 0 atom stereocenters. The highest BCUT2D eigenvalue weighted by Crippen LogP contribution is 2.22. The molecular weight excluding hydrogens is 260 g/mol. The zero-order valence-electron chi connectivity index (χ0n) is 10.2. The van der Waals surface area contributed by atoms with Gasteiger partial charge in [0.05, 0.1) is 24.8 Å². The molecule has 2 aliphatic rings. The molecule has 0 radical (unpaired) electrons. The zero-order chi connectivity index (χ0) is 13.3. The predicted octanol–water partition coefficient (Wildman–Crippen LogP) is 0.983. The van der Waals surface area contributed by atoms with Crippen molar-refractivity contribution in [1.82, 2.24) is 0 Å². The van der Waals surface area contributed by atoms with Gasteiger partial charge in [-0.2, -0.15) is 14.8 Å². The Morgan fingerprint density at radius 3 is 2.53 bits per heavy atom. The van der Waals surface area contributed by atoms with E-state index in [-0.39, 0.29) is 0 Å². The molecule has 0 bridgehead atoms. The second-order valence-electron chi connectivity index (χ2n) is 4.49. The number of aliphatic imine (C=N–C) groups is 1. The van der Waals surface area contributed by atoms with Crippen molar-refractivity contribution in [3.05, 3.63) is 35.4 Å². The van der Waals surface area contributed by atoms with Gasteiger partial charge in [0.15, 0.2) is 0 Å². The number of nitriles is 1. The van der Waals surface area contributed by atoms with E-state index in [2.05, 4.69) is 16.2 Å². The van der Waals surface area contributed by atoms with Crippen LogP contribution < -0.4 is 0 Å². The maximum absolute atomic E-state index is 8.79. The highest BCUT2D eigenvalue weighted by atomic mass is 32.1. The first-order chi connectivity index (χ1) is 9.23. The van der Waals surface area contributed by atoms with Crippen LogP contribution in [0.2, 0.25) is 0 Å². The van der Waals surface area contributed by atoms with Crippen LogP contribution >= 0.6 is 0 Å². The lowest BCUT2D eigenvalue weighted by molar-refractivity contribution is -0.851. The van der Waals surface area contributed by atoms with Crippen LogP contribution in [0.4, 0.5) is 0 Å². The molecule has 0 aliphatic carbocycles. The average molecular weight is 272 g/mol. The minimum Gasteiger partial charge on any atom is -0.697 e. The summed E-state index contributed by atoms with van der Waals surface area (Å²) in [5, 5.41) is 14.1. The molecule has 2 heterocycles. The average Bonchev–Trinajstić information content (AvgIpc) is 2.77. The van der Waals surface area contributed by atoms with Crippen molar-refractivity contribution in [3.63, 3.8) is 0 Å². The summed E-state index contributed by atoms with van der Waals surface area (Å²) in [6.45, 7) is 2.78. The fourth-order valence-electron chi connectivity index (χ4n) is 2.18. The number of amidine groups is 2. The number of hydrogen-bond donors (Lipinski definition) is 0. The lowest BCUT2D eigenvalue weighted by atomic mass is 10.1. The fraction of sp³-hybridized carbons (Fsp3) is 0.308. The van der Waals surface area contributed by atoms with Crippen molar-refractivity contribution in [2.45, 2.75) is 0 Å². The van der Waals surface area contributed by atoms with Gasteiger partial charge in [-0.25, -0.2) is 0 Å². The fourth-order valence-corrected chi connectivity index (χ4v) is 2.49. The Balaban J connectivity index is 1.93. The molecule has 1 aromatic carbocycles. The molecule has 5 nitrogen and oxygen atoms in total. The van der Waals surface area contributed by atoms with Crippen LogP contribution in [-0.2, 0) is 17.4 Å². The molecule has 1 fully saturated rings. The van der Waals surface area contributed by atoms with E-state index in [0.29, 0.717) is 34.4 Å². The van der Waals surface area contributed by atoms with Crippen LogP contribution in [-0.4, -0.2) is 41.9 Å². The Morgan fingerprint density at radius 2 is 1.89 bits per heavy atom. The van der Waals surface area contributed by atoms with Gasteiger partial charge in [0, 0.05) is 5.56 Å². The maximum Gasteiger partial charge on any atom is 0.218 e. The third-order valence-electron chi connectivity index (χ3n) is 3.33. The van der Waals surface area contributed by atoms with E-state index in [1.807, 2.05) is 12.1 Å². The Labute approximate surface area is 116 Å². The lowest BCUT2D eigenvalue weighted by Crippen LogP contribution is -2.52. The Kier molecular flexibility index (Phi) is 3.03. The number of benzene rings is 1. The lowest BCUT2D eigenvalue weighted by Gasteiger charge is -2.35.